The highest BCUT2D eigenvalue weighted by Crippen LogP contribution is 2.29. The van der Waals surface area contributed by atoms with Gasteiger partial charge in [0, 0.05) is 24.5 Å². The van der Waals surface area contributed by atoms with Gasteiger partial charge in [-0.05, 0) is 32.3 Å². The average molecular weight is 318 g/mol. The van der Waals surface area contributed by atoms with Crippen molar-refractivity contribution in [2.75, 3.05) is 13.6 Å². The van der Waals surface area contributed by atoms with Gasteiger partial charge >= 0.3 is 0 Å². The van der Waals surface area contributed by atoms with Gasteiger partial charge in [-0.1, -0.05) is 12.1 Å². The number of benzene rings is 1. The standard InChI is InChI=1S/C17H19FN2O3/c1-10-11-6-5-7-12(18)15(11)23-14(10)17(22)20-9-4-3-8-13(20)16(21)19-2/h5-7,13H,3-4,8-9H2,1-2H3,(H,19,21)/t13-/m0/s1. The van der Waals surface area contributed by atoms with Gasteiger partial charge in [0.2, 0.25) is 5.91 Å². The molecule has 1 aliphatic rings. The molecule has 1 fully saturated rings. The number of piperidine rings is 1. The van der Waals surface area contributed by atoms with Crippen molar-refractivity contribution in [2.24, 2.45) is 0 Å². The lowest BCUT2D eigenvalue weighted by Gasteiger charge is -2.33. The van der Waals surface area contributed by atoms with E-state index in [-0.39, 0.29) is 23.2 Å². The number of rotatable bonds is 2. The first kappa shape index (κ1) is 15.5. The van der Waals surface area contributed by atoms with Crippen molar-refractivity contribution >= 4 is 22.8 Å². The summed E-state index contributed by atoms with van der Waals surface area (Å²) in [5, 5.41) is 3.18. The van der Waals surface area contributed by atoms with Crippen LogP contribution >= 0.6 is 0 Å². The second-order valence-electron chi connectivity index (χ2n) is 5.80. The van der Waals surface area contributed by atoms with Gasteiger partial charge in [0.15, 0.2) is 17.2 Å². The van der Waals surface area contributed by atoms with Crippen molar-refractivity contribution in [2.45, 2.75) is 32.2 Å². The highest BCUT2D eigenvalue weighted by Gasteiger charge is 2.34. The fourth-order valence-corrected chi connectivity index (χ4v) is 3.16. The van der Waals surface area contributed by atoms with E-state index in [9.17, 15) is 14.0 Å². The maximum absolute atomic E-state index is 13.9. The first-order valence-corrected chi connectivity index (χ1v) is 7.74. The van der Waals surface area contributed by atoms with Crippen molar-refractivity contribution in [3.63, 3.8) is 0 Å². The van der Waals surface area contributed by atoms with Gasteiger partial charge in [0.1, 0.15) is 6.04 Å². The maximum Gasteiger partial charge on any atom is 0.290 e. The van der Waals surface area contributed by atoms with E-state index in [0.29, 0.717) is 23.9 Å². The van der Waals surface area contributed by atoms with Gasteiger partial charge in [-0.2, -0.15) is 0 Å². The zero-order chi connectivity index (χ0) is 16.6. The van der Waals surface area contributed by atoms with Crippen LogP contribution in [0.4, 0.5) is 4.39 Å². The summed E-state index contributed by atoms with van der Waals surface area (Å²) >= 11 is 0. The van der Waals surface area contributed by atoms with Crippen LogP contribution in [0.2, 0.25) is 0 Å². The zero-order valence-corrected chi connectivity index (χ0v) is 13.2. The van der Waals surface area contributed by atoms with Gasteiger partial charge < -0.3 is 14.6 Å². The zero-order valence-electron chi connectivity index (χ0n) is 13.2. The number of amides is 2. The number of likely N-dealkylation sites (N-methyl/N-ethyl adjacent to an activating group) is 1. The van der Waals surface area contributed by atoms with Crippen molar-refractivity contribution in [3.05, 3.63) is 35.3 Å². The summed E-state index contributed by atoms with van der Waals surface area (Å²) in [6, 6.07) is 4.11. The molecule has 0 bridgehead atoms. The lowest BCUT2D eigenvalue weighted by atomic mass is 10.0. The number of nitrogens with one attached hydrogen (secondary N) is 1. The molecule has 5 nitrogen and oxygen atoms in total. The fourth-order valence-electron chi connectivity index (χ4n) is 3.16. The molecule has 6 heteroatoms. The summed E-state index contributed by atoms with van der Waals surface area (Å²) in [7, 11) is 1.56. The molecule has 1 atom stereocenters. The summed E-state index contributed by atoms with van der Waals surface area (Å²) in [6.07, 6.45) is 2.36. The normalized spacial score (nSPS) is 18.2. The van der Waals surface area contributed by atoms with Crippen LogP contribution in [0.25, 0.3) is 11.0 Å². The third-order valence-electron chi connectivity index (χ3n) is 4.42. The first-order valence-electron chi connectivity index (χ1n) is 7.74. The van der Waals surface area contributed by atoms with Gasteiger partial charge in [0.25, 0.3) is 5.91 Å². The van der Waals surface area contributed by atoms with Crippen molar-refractivity contribution in [3.8, 4) is 0 Å². The molecule has 23 heavy (non-hydrogen) atoms. The Balaban J connectivity index is 2.00. The first-order chi connectivity index (χ1) is 11.0. The molecule has 1 aliphatic heterocycles. The molecule has 1 saturated heterocycles. The fraction of sp³-hybridized carbons (Fsp3) is 0.412. The molecular formula is C17H19FN2O3. The van der Waals surface area contributed by atoms with E-state index < -0.39 is 11.9 Å². The SMILES string of the molecule is CNC(=O)[C@@H]1CCCCN1C(=O)c1oc2c(F)cccc2c1C. The van der Waals surface area contributed by atoms with Gasteiger partial charge in [-0.15, -0.1) is 0 Å². The van der Waals surface area contributed by atoms with E-state index in [1.165, 1.54) is 11.0 Å². The summed E-state index contributed by atoms with van der Waals surface area (Å²) in [5.74, 6) is -0.920. The van der Waals surface area contributed by atoms with Crippen molar-refractivity contribution in [1.29, 1.82) is 0 Å². The summed E-state index contributed by atoms with van der Waals surface area (Å²) in [6.45, 7) is 2.23. The molecule has 0 spiro atoms. The highest BCUT2D eigenvalue weighted by atomic mass is 19.1. The van der Waals surface area contributed by atoms with Crippen LogP contribution in [-0.4, -0.2) is 36.3 Å². The number of carbonyl (C=O) groups excluding carboxylic acids is 2. The Morgan fingerprint density at radius 2 is 2.13 bits per heavy atom. The molecule has 1 N–H and O–H groups in total. The smallest absolute Gasteiger partial charge is 0.290 e. The predicted octanol–water partition coefficient (Wildman–Crippen LogP) is 2.62. The van der Waals surface area contributed by atoms with Crippen LogP contribution in [0.3, 0.4) is 0 Å². The topological polar surface area (TPSA) is 62.6 Å². The number of halogens is 1. The number of carbonyl (C=O) groups is 2. The number of likely N-dealkylation sites (tertiary alicyclic amines) is 1. The molecule has 0 radical (unpaired) electrons. The molecular weight excluding hydrogens is 299 g/mol. The molecule has 0 aliphatic carbocycles. The largest absolute Gasteiger partial charge is 0.448 e. The van der Waals surface area contributed by atoms with Crippen molar-refractivity contribution in [1.82, 2.24) is 10.2 Å². The molecule has 122 valence electrons. The quantitative estimate of drug-likeness (QED) is 0.926. The van der Waals surface area contributed by atoms with Crippen LogP contribution in [0.5, 0.6) is 0 Å². The number of hydrogen-bond acceptors (Lipinski definition) is 3. The second-order valence-corrected chi connectivity index (χ2v) is 5.80. The number of nitrogens with zero attached hydrogens (tertiary/aromatic N) is 1. The van der Waals surface area contributed by atoms with E-state index in [1.54, 1.807) is 26.1 Å². The van der Waals surface area contributed by atoms with E-state index >= 15 is 0 Å². The maximum atomic E-state index is 13.9. The Hall–Kier alpha value is -2.37. The molecule has 3 rings (SSSR count). The average Bonchev–Trinajstić information content (AvgIpc) is 2.92. The number of hydrogen-bond donors (Lipinski definition) is 1. The molecule has 1 aromatic carbocycles. The molecule has 1 aromatic heterocycles. The summed E-state index contributed by atoms with van der Waals surface area (Å²) in [5.41, 5.74) is 0.688. The number of aryl methyl sites for hydroxylation is 1. The Kier molecular flexibility index (Phi) is 4.07. The minimum atomic E-state index is -0.501. The lowest BCUT2D eigenvalue weighted by molar-refractivity contribution is -0.126. The van der Waals surface area contributed by atoms with Crippen LogP contribution in [0.1, 0.15) is 35.4 Å². The molecule has 2 heterocycles. The number of para-hydroxylation sites is 1. The molecule has 2 amide bonds. The van der Waals surface area contributed by atoms with Crippen molar-refractivity contribution < 1.29 is 18.4 Å². The Morgan fingerprint density at radius 1 is 1.35 bits per heavy atom. The van der Waals surface area contributed by atoms with E-state index in [1.807, 2.05) is 0 Å². The monoisotopic (exact) mass is 318 g/mol. The number of fused-ring (bicyclic) bond motifs is 1. The van der Waals surface area contributed by atoms with E-state index in [0.717, 1.165) is 12.8 Å². The van der Waals surface area contributed by atoms with Gasteiger partial charge in [0.05, 0.1) is 0 Å². The van der Waals surface area contributed by atoms with E-state index in [4.69, 9.17) is 4.42 Å². The third kappa shape index (κ3) is 2.58. The lowest BCUT2D eigenvalue weighted by Crippen LogP contribution is -2.51. The van der Waals surface area contributed by atoms with Gasteiger partial charge in [-0.3, -0.25) is 9.59 Å². The van der Waals surface area contributed by atoms with Crippen LogP contribution in [-0.2, 0) is 4.79 Å². The Bertz CT molecular complexity index is 769. The van der Waals surface area contributed by atoms with Gasteiger partial charge in [-0.25, -0.2) is 4.39 Å². The molecule has 0 unspecified atom stereocenters. The Morgan fingerprint density at radius 3 is 2.83 bits per heavy atom. The second kappa shape index (κ2) is 6.02. The van der Waals surface area contributed by atoms with Crippen LogP contribution in [0.15, 0.2) is 22.6 Å². The number of furan rings is 1. The highest BCUT2D eigenvalue weighted by molar-refractivity contribution is 6.01. The van der Waals surface area contributed by atoms with E-state index in [2.05, 4.69) is 5.32 Å². The van der Waals surface area contributed by atoms with Crippen LogP contribution in [0, 0.1) is 12.7 Å². The minimum absolute atomic E-state index is 0.0850. The Labute approximate surface area is 133 Å². The minimum Gasteiger partial charge on any atom is -0.448 e. The molecule has 0 saturated carbocycles. The summed E-state index contributed by atoms with van der Waals surface area (Å²) < 4.78 is 19.4. The summed E-state index contributed by atoms with van der Waals surface area (Å²) in [4.78, 5) is 26.4. The third-order valence-corrected chi connectivity index (χ3v) is 4.42. The molecule has 2 aromatic rings. The predicted molar refractivity (Wildman–Crippen MR) is 83.7 cm³/mol. The van der Waals surface area contributed by atoms with Crippen LogP contribution < -0.4 is 5.32 Å².